The standard InChI is InChI=1S/C50H45F6NOP2/c1-32(57(2)3)39-30-31-46(60(43-20-10-14-33-12-4-6-16-40(33)43)44-21-11-15-34-13-5-7-17-41(34)44)47(39)48(58)42-18-8-9-19-45(42)59(37-26-22-35(23-27-37)49(51,52)53)38-28-24-36(25-29-38)50(54,55)56/h4-29,32,39,46-48,58H,30-31H2,1-3H3/t32-,39?,46?,47?,48+/m1/s1. The van der Waals surface area contributed by atoms with Crippen LogP contribution in [-0.2, 0) is 12.4 Å². The van der Waals surface area contributed by atoms with E-state index < -0.39 is 45.4 Å². The summed E-state index contributed by atoms with van der Waals surface area (Å²) >= 11 is 0. The van der Waals surface area contributed by atoms with E-state index in [2.05, 4.69) is 98.7 Å². The maximum absolute atomic E-state index is 13.8. The molecule has 1 saturated carbocycles. The second-order valence-corrected chi connectivity index (χ2v) is 20.4. The zero-order valence-corrected chi connectivity index (χ0v) is 35.2. The Kier molecular flexibility index (Phi) is 12.0. The molecule has 0 saturated heterocycles. The quantitative estimate of drug-likeness (QED) is 0.109. The highest BCUT2D eigenvalue weighted by atomic mass is 31.1. The Morgan fingerprint density at radius 1 is 0.550 bits per heavy atom. The van der Waals surface area contributed by atoms with Crippen molar-refractivity contribution in [2.75, 3.05) is 14.1 Å². The van der Waals surface area contributed by atoms with Gasteiger partial charge >= 0.3 is 12.4 Å². The lowest BCUT2D eigenvalue weighted by Gasteiger charge is -2.40. The van der Waals surface area contributed by atoms with Gasteiger partial charge in [-0.25, -0.2) is 0 Å². The number of aliphatic hydroxyl groups excluding tert-OH is 1. The lowest BCUT2D eigenvalue weighted by atomic mass is 9.82. The van der Waals surface area contributed by atoms with Crippen LogP contribution >= 0.6 is 15.8 Å². The van der Waals surface area contributed by atoms with E-state index in [-0.39, 0.29) is 23.5 Å². The number of halogens is 6. The molecule has 0 heterocycles. The van der Waals surface area contributed by atoms with Crippen molar-refractivity contribution >= 4 is 63.9 Å². The van der Waals surface area contributed by atoms with Crippen LogP contribution in [0.4, 0.5) is 26.3 Å². The Labute approximate surface area is 349 Å². The largest absolute Gasteiger partial charge is 0.416 e. The van der Waals surface area contributed by atoms with Gasteiger partial charge in [-0.05, 0) is 139 Å². The number of fused-ring (bicyclic) bond motifs is 2. The van der Waals surface area contributed by atoms with Crippen molar-refractivity contribution in [1.29, 1.82) is 0 Å². The van der Waals surface area contributed by atoms with Gasteiger partial charge in [0, 0.05) is 12.0 Å². The zero-order chi connectivity index (χ0) is 42.3. The molecule has 308 valence electrons. The van der Waals surface area contributed by atoms with Gasteiger partial charge in [0.05, 0.1) is 17.2 Å². The number of rotatable bonds is 10. The fourth-order valence-corrected chi connectivity index (χ4v) is 15.2. The molecule has 7 aromatic carbocycles. The number of alkyl halides is 6. The van der Waals surface area contributed by atoms with Crippen molar-refractivity contribution in [2.24, 2.45) is 11.8 Å². The van der Waals surface area contributed by atoms with Crippen molar-refractivity contribution in [3.63, 3.8) is 0 Å². The van der Waals surface area contributed by atoms with Crippen molar-refractivity contribution in [3.05, 3.63) is 174 Å². The first-order valence-corrected chi connectivity index (χ1v) is 22.8. The monoisotopic (exact) mass is 851 g/mol. The number of nitrogens with zero attached hydrogens (tertiary/aromatic N) is 1. The van der Waals surface area contributed by atoms with Gasteiger partial charge in [0.2, 0.25) is 0 Å². The van der Waals surface area contributed by atoms with Gasteiger partial charge in [-0.2, -0.15) is 26.3 Å². The first-order chi connectivity index (χ1) is 28.7. The second kappa shape index (κ2) is 17.1. The summed E-state index contributed by atoms with van der Waals surface area (Å²) in [6, 6.07) is 47.2. The molecule has 5 atom stereocenters. The fourth-order valence-electron chi connectivity index (χ4n) is 9.22. The first kappa shape index (κ1) is 42.1. The van der Waals surface area contributed by atoms with E-state index in [1.54, 1.807) is 0 Å². The van der Waals surface area contributed by atoms with Crippen LogP contribution in [0.5, 0.6) is 0 Å². The Bertz CT molecular complexity index is 2440. The Hall–Kier alpha value is -4.58. The van der Waals surface area contributed by atoms with Crippen LogP contribution in [0.2, 0.25) is 0 Å². The predicted octanol–water partition coefficient (Wildman–Crippen LogP) is 11.3. The molecule has 1 N–H and O–H groups in total. The molecular weight excluding hydrogens is 806 g/mol. The molecule has 0 bridgehead atoms. The molecule has 1 fully saturated rings. The summed E-state index contributed by atoms with van der Waals surface area (Å²) in [5.74, 6) is -0.198. The molecule has 8 rings (SSSR count). The molecule has 1 aliphatic rings. The average Bonchev–Trinajstić information content (AvgIpc) is 3.68. The maximum Gasteiger partial charge on any atom is 0.416 e. The molecule has 60 heavy (non-hydrogen) atoms. The van der Waals surface area contributed by atoms with E-state index in [4.69, 9.17) is 0 Å². The van der Waals surface area contributed by atoms with Gasteiger partial charge in [-0.3, -0.25) is 0 Å². The third-order valence-electron chi connectivity index (χ3n) is 12.3. The minimum Gasteiger partial charge on any atom is -0.388 e. The molecular formula is C50H45F6NOP2. The molecule has 0 aliphatic heterocycles. The van der Waals surface area contributed by atoms with E-state index in [1.807, 2.05) is 36.4 Å². The molecule has 0 aromatic heterocycles. The second-order valence-electron chi connectivity index (χ2n) is 15.9. The van der Waals surface area contributed by atoms with Crippen LogP contribution in [0.15, 0.2) is 158 Å². The predicted molar refractivity (Wildman–Crippen MR) is 237 cm³/mol. The molecule has 1 aliphatic carbocycles. The van der Waals surface area contributed by atoms with Crippen LogP contribution in [0.25, 0.3) is 21.5 Å². The smallest absolute Gasteiger partial charge is 0.388 e. The molecule has 0 spiro atoms. The highest BCUT2D eigenvalue weighted by molar-refractivity contribution is 7.80. The highest BCUT2D eigenvalue weighted by Crippen LogP contribution is 2.58. The number of hydrogen-bond donors (Lipinski definition) is 1. The van der Waals surface area contributed by atoms with Crippen LogP contribution in [0.1, 0.15) is 42.6 Å². The van der Waals surface area contributed by atoms with E-state index in [0.29, 0.717) is 21.5 Å². The van der Waals surface area contributed by atoms with Gasteiger partial charge < -0.3 is 10.0 Å². The fraction of sp³-hybridized carbons (Fsp3) is 0.240. The average molecular weight is 852 g/mol. The van der Waals surface area contributed by atoms with Gasteiger partial charge in [-0.1, -0.05) is 133 Å². The van der Waals surface area contributed by atoms with E-state index >= 15 is 0 Å². The van der Waals surface area contributed by atoms with E-state index in [1.165, 1.54) is 45.6 Å². The van der Waals surface area contributed by atoms with Crippen LogP contribution in [0, 0.1) is 11.8 Å². The number of aliphatic hydroxyl groups is 1. The van der Waals surface area contributed by atoms with Crippen LogP contribution in [0.3, 0.4) is 0 Å². The van der Waals surface area contributed by atoms with E-state index in [0.717, 1.165) is 47.9 Å². The van der Waals surface area contributed by atoms with Crippen LogP contribution < -0.4 is 26.5 Å². The summed E-state index contributed by atoms with van der Waals surface area (Å²) in [6.45, 7) is 2.20. The summed E-state index contributed by atoms with van der Waals surface area (Å²) < 4.78 is 82.8. The molecule has 0 radical (unpaired) electrons. The highest BCUT2D eigenvalue weighted by Gasteiger charge is 2.48. The molecule has 3 unspecified atom stereocenters. The first-order valence-electron chi connectivity index (χ1n) is 20.0. The summed E-state index contributed by atoms with van der Waals surface area (Å²) in [7, 11) is 1.29. The Balaban J connectivity index is 1.32. The van der Waals surface area contributed by atoms with Gasteiger partial charge in [0.1, 0.15) is 0 Å². The molecule has 10 heteroatoms. The van der Waals surface area contributed by atoms with Crippen LogP contribution in [-0.4, -0.2) is 35.8 Å². The minimum absolute atomic E-state index is 0.00966. The lowest BCUT2D eigenvalue weighted by molar-refractivity contribution is -0.138. The Morgan fingerprint density at radius 2 is 0.983 bits per heavy atom. The summed E-state index contributed by atoms with van der Waals surface area (Å²) in [5, 5.41) is 22.2. The maximum atomic E-state index is 13.8. The summed E-state index contributed by atoms with van der Waals surface area (Å²) in [4.78, 5) is 2.20. The zero-order valence-electron chi connectivity index (χ0n) is 33.4. The normalized spacial score (nSPS) is 18.5. The van der Waals surface area contributed by atoms with Gasteiger partial charge in [0.15, 0.2) is 0 Å². The van der Waals surface area contributed by atoms with Crippen molar-refractivity contribution in [2.45, 2.75) is 49.9 Å². The van der Waals surface area contributed by atoms with Crippen molar-refractivity contribution in [1.82, 2.24) is 4.90 Å². The van der Waals surface area contributed by atoms with Crippen molar-refractivity contribution in [3.8, 4) is 0 Å². The summed E-state index contributed by atoms with van der Waals surface area (Å²) in [5.41, 5.74) is -0.976. The van der Waals surface area contributed by atoms with Gasteiger partial charge in [0.25, 0.3) is 0 Å². The third-order valence-corrected chi connectivity index (χ3v) is 17.9. The minimum atomic E-state index is -4.56. The molecule has 0 amide bonds. The van der Waals surface area contributed by atoms with E-state index in [9.17, 15) is 31.4 Å². The van der Waals surface area contributed by atoms with Crippen molar-refractivity contribution < 1.29 is 31.4 Å². The van der Waals surface area contributed by atoms with Gasteiger partial charge in [-0.15, -0.1) is 0 Å². The summed E-state index contributed by atoms with van der Waals surface area (Å²) in [6.07, 6.45) is -8.41. The SMILES string of the molecule is C[C@H](C1CCC(P(c2cccc3ccccc23)c2cccc3ccccc23)C1[C@@H](O)c1ccccc1P(c1ccc(C(F)(F)F)cc1)c1ccc(C(F)(F)F)cc1)N(C)C. The topological polar surface area (TPSA) is 23.5 Å². The number of benzene rings is 7. The number of hydrogen-bond acceptors (Lipinski definition) is 2. The molecule has 2 nitrogen and oxygen atoms in total. The molecule has 7 aromatic rings. The lowest BCUT2D eigenvalue weighted by Crippen LogP contribution is -2.40. The third kappa shape index (κ3) is 8.25. The Morgan fingerprint density at radius 3 is 1.47 bits per heavy atom.